The average Bonchev–Trinajstić information content (AvgIpc) is 3.04. The second-order valence-electron chi connectivity index (χ2n) is 5.06. The molecule has 1 N–H and O–H groups in total. The minimum Gasteiger partial charge on any atom is -0.504 e. The largest absolute Gasteiger partial charge is 0.504 e. The van der Waals surface area contributed by atoms with Crippen molar-refractivity contribution < 1.29 is 14.2 Å². The lowest BCUT2D eigenvalue weighted by molar-refractivity contribution is 0.373. The van der Waals surface area contributed by atoms with E-state index in [0.717, 1.165) is 0 Å². The monoisotopic (exact) mass is 336 g/mol. The first-order valence-electron chi connectivity index (χ1n) is 7.27. The molecule has 0 aliphatic carbocycles. The van der Waals surface area contributed by atoms with E-state index in [2.05, 4.69) is 9.98 Å². The lowest BCUT2D eigenvalue weighted by Gasteiger charge is -2.05. The Morgan fingerprint density at radius 2 is 2.04 bits per heavy atom. The topological polar surface area (TPSA) is 83.4 Å². The van der Waals surface area contributed by atoms with Gasteiger partial charge in [0, 0.05) is 11.9 Å². The fourth-order valence-electron chi connectivity index (χ4n) is 2.25. The summed E-state index contributed by atoms with van der Waals surface area (Å²) in [5.74, 6) is 0.303. The quantitative estimate of drug-likeness (QED) is 0.741. The summed E-state index contributed by atoms with van der Waals surface area (Å²) in [6, 6.07) is 12.5. The van der Waals surface area contributed by atoms with Gasteiger partial charge in [-0.25, -0.2) is 14.4 Å². The number of nitrogens with zero attached hydrogens (tertiary/aromatic N) is 4. The number of halogens is 1. The Morgan fingerprint density at radius 1 is 1.28 bits per heavy atom. The summed E-state index contributed by atoms with van der Waals surface area (Å²) in [7, 11) is 1.45. The van der Waals surface area contributed by atoms with E-state index < -0.39 is 0 Å². The maximum Gasteiger partial charge on any atom is 0.185 e. The number of nitriles is 1. The summed E-state index contributed by atoms with van der Waals surface area (Å²) in [6.07, 6.45) is 2.98. The van der Waals surface area contributed by atoms with Crippen molar-refractivity contribution in [3.8, 4) is 23.3 Å². The molecular formula is C18H13FN4O2. The summed E-state index contributed by atoms with van der Waals surface area (Å²) in [5, 5.41) is 18.9. The highest BCUT2D eigenvalue weighted by Crippen LogP contribution is 2.27. The van der Waals surface area contributed by atoms with Gasteiger partial charge in [0.15, 0.2) is 23.0 Å². The van der Waals surface area contributed by atoms with Crippen LogP contribution in [0.1, 0.15) is 11.3 Å². The Labute approximate surface area is 143 Å². The number of benzene rings is 2. The third kappa shape index (κ3) is 3.33. The van der Waals surface area contributed by atoms with Gasteiger partial charge in [0.05, 0.1) is 7.11 Å². The molecule has 0 atom stereocenters. The zero-order valence-electron chi connectivity index (χ0n) is 13.2. The first-order chi connectivity index (χ1) is 12.1. The number of aliphatic imine (C=N–C) groups is 1. The van der Waals surface area contributed by atoms with E-state index in [4.69, 9.17) is 4.74 Å². The Morgan fingerprint density at radius 3 is 2.72 bits per heavy atom. The van der Waals surface area contributed by atoms with E-state index in [0.29, 0.717) is 22.8 Å². The highest BCUT2D eigenvalue weighted by Gasteiger charge is 2.11. The molecule has 124 valence electrons. The number of phenolic OH excluding ortho intramolecular Hbond substituents is 1. The van der Waals surface area contributed by atoms with Gasteiger partial charge in [0.25, 0.3) is 0 Å². The van der Waals surface area contributed by atoms with Crippen LogP contribution in [0.25, 0.3) is 5.69 Å². The second kappa shape index (κ2) is 6.84. The molecule has 0 amide bonds. The summed E-state index contributed by atoms with van der Waals surface area (Å²) < 4.78 is 19.8. The van der Waals surface area contributed by atoms with Gasteiger partial charge >= 0.3 is 0 Å². The predicted molar refractivity (Wildman–Crippen MR) is 90.1 cm³/mol. The van der Waals surface area contributed by atoms with Crippen LogP contribution in [-0.2, 0) is 0 Å². The molecule has 2 aromatic carbocycles. The van der Waals surface area contributed by atoms with E-state index in [1.165, 1.54) is 37.9 Å². The minimum atomic E-state index is -0.356. The van der Waals surface area contributed by atoms with Gasteiger partial charge < -0.3 is 9.84 Å². The Bertz CT molecular complexity index is 972. The zero-order valence-corrected chi connectivity index (χ0v) is 13.2. The van der Waals surface area contributed by atoms with Gasteiger partial charge in [-0.15, -0.1) is 0 Å². The van der Waals surface area contributed by atoms with Crippen LogP contribution in [0.2, 0.25) is 0 Å². The molecular weight excluding hydrogens is 323 g/mol. The molecule has 0 saturated carbocycles. The van der Waals surface area contributed by atoms with Crippen molar-refractivity contribution in [2.75, 3.05) is 7.11 Å². The molecule has 0 radical (unpaired) electrons. The molecule has 1 heterocycles. The third-order valence-electron chi connectivity index (χ3n) is 3.49. The Balaban J connectivity index is 2.01. The first kappa shape index (κ1) is 16.2. The van der Waals surface area contributed by atoms with Crippen molar-refractivity contribution in [2.24, 2.45) is 4.99 Å². The third-order valence-corrected chi connectivity index (χ3v) is 3.49. The highest BCUT2D eigenvalue weighted by molar-refractivity contribution is 5.83. The standard InChI is InChI=1S/C18H13FN4O2/c1-25-17-8-12(2-7-16(17)24)10-21-18-15(9-20)22-11-23(18)14-5-3-13(19)4-6-14/h2-8,10-11,24H,1H3. The smallest absolute Gasteiger partial charge is 0.185 e. The molecule has 0 unspecified atom stereocenters. The van der Waals surface area contributed by atoms with E-state index in [1.807, 2.05) is 6.07 Å². The lowest BCUT2D eigenvalue weighted by atomic mass is 10.2. The molecule has 0 aliphatic heterocycles. The van der Waals surface area contributed by atoms with Crippen LogP contribution in [0.4, 0.5) is 10.2 Å². The Hall–Kier alpha value is -3.66. The number of aromatic nitrogens is 2. The number of methoxy groups -OCH3 is 1. The van der Waals surface area contributed by atoms with Gasteiger partial charge in [-0.05, 0) is 48.0 Å². The molecule has 1 aromatic heterocycles. The molecule has 6 nitrogen and oxygen atoms in total. The van der Waals surface area contributed by atoms with Crippen LogP contribution in [0.3, 0.4) is 0 Å². The summed E-state index contributed by atoms with van der Waals surface area (Å²) in [5.41, 5.74) is 1.45. The van der Waals surface area contributed by atoms with Gasteiger partial charge in [-0.3, -0.25) is 4.57 Å². The molecule has 0 spiro atoms. The molecule has 25 heavy (non-hydrogen) atoms. The van der Waals surface area contributed by atoms with E-state index in [1.54, 1.807) is 28.8 Å². The van der Waals surface area contributed by atoms with E-state index in [-0.39, 0.29) is 17.3 Å². The van der Waals surface area contributed by atoms with Gasteiger partial charge in [0.2, 0.25) is 0 Å². The van der Waals surface area contributed by atoms with Crippen LogP contribution >= 0.6 is 0 Å². The van der Waals surface area contributed by atoms with E-state index in [9.17, 15) is 14.8 Å². The molecule has 0 aliphatic rings. The minimum absolute atomic E-state index is 0.0220. The summed E-state index contributed by atoms with van der Waals surface area (Å²) in [4.78, 5) is 8.36. The van der Waals surface area contributed by atoms with Crippen molar-refractivity contribution in [3.63, 3.8) is 0 Å². The van der Waals surface area contributed by atoms with Crippen molar-refractivity contribution in [1.29, 1.82) is 5.26 Å². The van der Waals surface area contributed by atoms with Crippen molar-refractivity contribution in [2.45, 2.75) is 0 Å². The second-order valence-corrected chi connectivity index (χ2v) is 5.06. The normalized spacial score (nSPS) is 10.8. The van der Waals surface area contributed by atoms with Gasteiger partial charge in [-0.1, -0.05) is 0 Å². The number of aromatic hydroxyl groups is 1. The van der Waals surface area contributed by atoms with Crippen molar-refractivity contribution >= 4 is 12.0 Å². The van der Waals surface area contributed by atoms with Gasteiger partial charge in [-0.2, -0.15) is 5.26 Å². The van der Waals surface area contributed by atoms with Gasteiger partial charge in [0.1, 0.15) is 18.2 Å². The number of imidazole rings is 1. The average molecular weight is 336 g/mol. The number of hydrogen-bond acceptors (Lipinski definition) is 5. The van der Waals surface area contributed by atoms with E-state index >= 15 is 0 Å². The predicted octanol–water partition coefficient (Wildman–Crippen LogP) is 3.35. The van der Waals surface area contributed by atoms with Crippen LogP contribution in [-0.4, -0.2) is 28.0 Å². The van der Waals surface area contributed by atoms with Crippen LogP contribution in [0.15, 0.2) is 53.8 Å². The van der Waals surface area contributed by atoms with Crippen LogP contribution in [0.5, 0.6) is 11.5 Å². The fraction of sp³-hybridized carbons (Fsp3) is 0.0556. The number of ether oxygens (including phenoxy) is 1. The highest BCUT2D eigenvalue weighted by atomic mass is 19.1. The molecule has 7 heteroatoms. The zero-order chi connectivity index (χ0) is 17.8. The number of phenols is 1. The fourth-order valence-corrected chi connectivity index (χ4v) is 2.25. The maximum absolute atomic E-state index is 13.1. The first-order valence-corrected chi connectivity index (χ1v) is 7.27. The molecule has 3 aromatic rings. The number of hydrogen-bond donors (Lipinski definition) is 1. The SMILES string of the molecule is COc1cc(C=Nc2c(C#N)ncn2-c2ccc(F)cc2)ccc1O. The number of rotatable bonds is 4. The molecule has 0 bridgehead atoms. The molecule has 0 saturated heterocycles. The summed E-state index contributed by atoms with van der Waals surface area (Å²) in [6.45, 7) is 0. The van der Waals surface area contributed by atoms with Crippen molar-refractivity contribution in [1.82, 2.24) is 9.55 Å². The lowest BCUT2D eigenvalue weighted by Crippen LogP contribution is -1.93. The van der Waals surface area contributed by atoms with Crippen LogP contribution in [0, 0.1) is 17.1 Å². The molecule has 0 fully saturated rings. The maximum atomic E-state index is 13.1. The molecule has 3 rings (SSSR count). The summed E-state index contributed by atoms with van der Waals surface area (Å²) >= 11 is 0. The van der Waals surface area contributed by atoms with Crippen LogP contribution < -0.4 is 4.74 Å². The van der Waals surface area contributed by atoms with Crippen molar-refractivity contribution in [3.05, 3.63) is 65.9 Å². The Kier molecular flexibility index (Phi) is 4.44.